The molecule has 0 nitrogen and oxygen atoms in total. The van der Waals surface area contributed by atoms with Crippen molar-refractivity contribution in [2.75, 3.05) is 0 Å². The average Bonchev–Trinajstić information content (AvgIpc) is 2.61. The van der Waals surface area contributed by atoms with Gasteiger partial charge in [0.15, 0.2) is 0 Å². The summed E-state index contributed by atoms with van der Waals surface area (Å²) in [7, 11) is 0. The Hall–Kier alpha value is -0.780. The molecule has 0 heteroatoms. The van der Waals surface area contributed by atoms with Gasteiger partial charge in [-0.2, -0.15) is 0 Å². The Morgan fingerprint density at radius 2 is 1.47 bits per heavy atom. The fourth-order valence-corrected chi connectivity index (χ4v) is 3.93. The summed E-state index contributed by atoms with van der Waals surface area (Å²) in [4.78, 5) is 0. The van der Waals surface area contributed by atoms with Crippen molar-refractivity contribution in [1.29, 1.82) is 0 Å². The second kappa shape index (κ2) is 7.12. The van der Waals surface area contributed by atoms with Crippen LogP contribution in [0, 0.1) is 11.8 Å². The molecule has 0 atom stereocenters. The van der Waals surface area contributed by atoms with Crippen molar-refractivity contribution in [2.45, 2.75) is 72.6 Å². The largest absolute Gasteiger partial charge is 0.0683 e. The third-order valence-electron chi connectivity index (χ3n) is 4.87. The molecule has 0 heterocycles. The summed E-state index contributed by atoms with van der Waals surface area (Å²) in [6.45, 7) is 13.6. The van der Waals surface area contributed by atoms with Crippen LogP contribution in [-0.4, -0.2) is 0 Å². The van der Waals surface area contributed by atoms with Crippen molar-refractivity contribution in [3.05, 3.63) is 35.4 Å². The first-order valence-electron chi connectivity index (χ1n) is 8.17. The lowest BCUT2D eigenvalue weighted by Gasteiger charge is -2.42. The van der Waals surface area contributed by atoms with Gasteiger partial charge >= 0.3 is 0 Å². The molecule has 108 valence electrons. The maximum atomic E-state index is 2.40. The van der Waals surface area contributed by atoms with Crippen LogP contribution in [0.2, 0.25) is 0 Å². The highest BCUT2D eigenvalue weighted by atomic mass is 14.4. The monoisotopic (exact) mass is 260 g/mol. The Balaban J connectivity index is 0.000000861. The fraction of sp³-hybridized carbons (Fsp3) is 0.684. The Bertz CT molecular complexity index is 365. The van der Waals surface area contributed by atoms with E-state index in [1.165, 1.54) is 25.7 Å². The molecule has 0 spiro atoms. The van der Waals surface area contributed by atoms with E-state index in [0.29, 0.717) is 5.41 Å². The summed E-state index contributed by atoms with van der Waals surface area (Å²) < 4.78 is 0. The Morgan fingerprint density at radius 1 is 0.895 bits per heavy atom. The van der Waals surface area contributed by atoms with E-state index in [-0.39, 0.29) is 0 Å². The molecule has 0 aromatic heterocycles. The third kappa shape index (κ3) is 3.04. The minimum Gasteiger partial charge on any atom is -0.0683 e. The van der Waals surface area contributed by atoms with E-state index in [1.807, 2.05) is 13.8 Å². The standard InChI is InChI=1S/C17H26.C2H6/c1-13(2)17(14(3)4)12-8-7-10-15-9-5-6-11-16(15)17;1-2/h5-6,9,11,13-14H,7-8,10,12H2,1-4H3;1-2H3. The van der Waals surface area contributed by atoms with Gasteiger partial charge in [-0.05, 0) is 42.2 Å². The molecule has 2 rings (SSSR count). The number of aryl methyl sites for hydroxylation is 1. The molecule has 1 aromatic rings. The number of fused-ring (bicyclic) bond motifs is 1. The zero-order valence-electron chi connectivity index (χ0n) is 13.8. The molecular formula is C19H32. The van der Waals surface area contributed by atoms with E-state index < -0.39 is 0 Å². The summed E-state index contributed by atoms with van der Waals surface area (Å²) in [6, 6.07) is 9.17. The summed E-state index contributed by atoms with van der Waals surface area (Å²) in [6.07, 6.45) is 5.37. The molecule has 1 aliphatic carbocycles. The van der Waals surface area contributed by atoms with Gasteiger partial charge in [0.25, 0.3) is 0 Å². The number of hydrogen-bond donors (Lipinski definition) is 0. The molecule has 0 unspecified atom stereocenters. The molecule has 0 radical (unpaired) electrons. The van der Waals surface area contributed by atoms with Gasteiger partial charge in [0.1, 0.15) is 0 Å². The lowest BCUT2D eigenvalue weighted by Crippen LogP contribution is -2.38. The molecule has 0 aliphatic heterocycles. The first-order chi connectivity index (χ1) is 9.09. The van der Waals surface area contributed by atoms with Crippen molar-refractivity contribution in [3.63, 3.8) is 0 Å². The zero-order valence-corrected chi connectivity index (χ0v) is 13.8. The normalized spacial score (nSPS) is 17.5. The van der Waals surface area contributed by atoms with Gasteiger partial charge < -0.3 is 0 Å². The molecule has 0 bridgehead atoms. The predicted molar refractivity (Wildman–Crippen MR) is 86.7 cm³/mol. The highest BCUT2D eigenvalue weighted by molar-refractivity contribution is 5.36. The minimum absolute atomic E-state index is 0.396. The van der Waals surface area contributed by atoms with Crippen molar-refractivity contribution in [3.8, 4) is 0 Å². The van der Waals surface area contributed by atoms with Crippen molar-refractivity contribution in [1.82, 2.24) is 0 Å². The van der Waals surface area contributed by atoms with E-state index in [9.17, 15) is 0 Å². The van der Waals surface area contributed by atoms with Gasteiger partial charge in [0.05, 0.1) is 0 Å². The molecule has 0 amide bonds. The summed E-state index contributed by atoms with van der Waals surface area (Å²) >= 11 is 0. The summed E-state index contributed by atoms with van der Waals surface area (Å²) in [5.41, 5.74) is 3.64. The van der Waals surface area contributed by atoms with Crippen LogP contribution in [0.1, 0.15) is 71.9 Å². The van der Waals surface area contributed by atoms with Crippen LogP contribution in [-0.2, 0) is 11.8 Å². The second-order valence-corrected chi connectivity index (χ2v) is 6.21. The third-order valence-corrected chi connectivity index (χ3v) is 4.87. The van der Waals surface area contributed by atoms with Gasteiger partial charge in [0, 0.05) is 5.41 Å². The molecule has 0 saturated heterocycles. The number of hydrogen-bond acceptors (Lipinski definition) is 0. The van der Waals surface area contributed by atoms with Crippen LogP contribution >= 0.6 is 0 Å². The van der Waals surface area contributed by atoms with Crippen LogP contribution in [0.3, 0.4) is 0 Å². The van der Waals surface area contributed by atoms with Crippen LogP contribution < -0.4 is 0 Å². The summed E-state index contributed by atoms with van der Waals surface area (Å²) in [5.74, 6) is 1.45. The molecule has 1 aliphatic rings. The van der Waals surface area contributed by atoms with Crippen molar-refractivity contribution in [2.24, 2.45) is 11.8 Å². The van der Waals surface area contributed by atoms with Crippen LogP contribution in [0.5, 0.6) is 0 Å². The highest BCUT2D eigenvalue weighted by Crippen LogP contribution is 2.46. The van der Waals surface area contributed by atoms with Crippen molar-refractivity contribution < 1.29 is 0 Å². The zero-order chi connectivity index (χ0) is 14.5. The van der Waals surface area contributed by atoms with E-state index in [2.05, 4.69) is 52.0 Å². The molecule has 1 aromatic carbocycles. The maximum absolute atomic E-state index is 2.40. The van der Waals surface area contributed by atoms with E-state index in [1.54, 1.807) is 11.1 Å². The molecule has 0 fully saturated rings. The first-order valence-corrected chi connectivity index (χ1v) is 8.17. The van der Waals surface area contributed by atoms with E-state index in [4.69, 9.17) is 0 Å². The minimum atomic E-state index is 0.396. The van der Waals surface area contributed by atoms with Crippen LogP contribution in [0.4, 0.5) is 0 Å². The highest BCUT2D eigenvalue weighted by Gasteiger charge is 2.40. The van der Waals surface area contributed by atoms with Crippen LogP contribution in [0.15, 0.2) is 24.3 Å². The second-order valence-electron chi connectivity index (χ2n) is 6.21. The van der Waals surface area contributed by atoms with Gasteiger partial charge in [-0.15, -0.1) is 0 Å². The molecule has 0 N–H and O–H groups in total. The molecule has 19 heavy (non-hydrogen) atoms. The van der Waals surface area contributed by atoms with Crippen LogP contribution in [0.25, 0.3) is 0 Å². The lowest BCUT2D eigenvalue weighted by molar-refractivity contribution is 0.199. The quantitative estimate of drug-likeness (QED) is 0.573. The van der Waals surface area contributed by atoms with Gasteiger partial charge in [-0.3, -0.25) is 0 Å². The van der Waals surface area contributed by atoms with E-state index in [0.717, 1.165) is 11.8 Å². The maximum Gasteiger partial charge on any atom is 0.000167 e. The van der Waals surface area contributed by atoms with Crippen molar-refractivity contribution >= 4 is 0 Å². The van der Waals surface area contributed by atoms with Gasteiger partial charge in [-0.1, -0.05) is 72.2 Å². The Labute approximate surface area is 120 Å². The fourth-order valence-electron chi connectivity index (χ4n) is 3.93. The number of benzene rings is 1. The van der Waals surface area contributed by atoms with Gasteiger partial charge in [0.2, 0.25) is 0 Å². The SMILES string of the molecule is CC.CC(C)C1(C(C)C)CCCCc2ccccc21. The number of rotatable bonds is 2. The van der Waals surface area contributed by atoms with Gasteiger partial charge in [-0.25, -0.2) is 0 Å². The molecular weight excluding hydrogens is 228 g/mol. The smallest absolute Gasteiger partial charge is 0.000167 e. The summed E-state index contributed by atoms with van der Waals surface area (Å²) in [5, 5.41) is 0. The predicted octanol–water partition coefficient (Wildman–Crippen LogP) is 5.99. The first kappa shape index (κ1) is 16.3. The Kier molecular flexibility index (Phi) is 6.10. The molecule has 0 saturated carbocycles. The van der Waals surface area contributed by atoms with E-state index >= 15 is 0 Å². The topological polar surface area (TPSA) is 0 Å². The Morgan fingerprint density at radius 3 is 2.05 bits per heavy atom. The lowest BCUT2D eigenvalue weighted by atomic mass is 9.62. The average molecular weight is 260 g/mol.